The number of phosphoric acid groups is 1. The van der Waals surface area contributed by atoms with Crippen LogP contribution in [0.5, 0.6) is 0 Å². The molecule has 0 rings (SSSR count). The van der Waals surface area contributed by atoms with E-state index >= 15 is 0 Å². The Labute approximate surface area is 123 Å². The van der Waals surface area contributed by atoms with Gasteiger partial charge in [0.2, 0.25) is 0 Å². The summed E-state index contributed by atoms with van der Waals surface area (Å²) in [4.78, 5) is 11.0. The fraction of sp³-hybridized carbons (Fsp3) is 1.00. The van der Waals surface area contributed by atoms with Crippen molar-refractivity contribution in [2.75, 3.05) is 47.5 Å². The summed E-state index contributed by atoms with van der Waals surface area (Å²) in [6.07, 6.45) is 3.30. The first kappa shape index (κ1) is 22.3. The number of nitrogens with zero attached hydrogens (tertiary/aromatic N) is 1. The predicted molar refractivity (Wildman–Crippen MR) is 79.3 cm³/mol. The fourth-order valence-corrected chi connectivity index (χ4v) is 1.76. The summed E-state index contributed by atoms with van der Waals surface area (Å²) in [6.45, 7) is 5.50. The van der Waals surface area contributed by atoms with E-state index in [9.17, 15) is 9.46 Å². The molecule has 0 heterocycles. The lowest BCUT2D eigenvalue weighted by Crippen LogP contribution is -2.36. The standard InChI is InChI=1S/C8H19O4P.C5H14NO/c1-3-5-7-11-13(9,10)12-8-6-4-2;1-6(2,3)4-5-7/h3-8H2,1-2H3,(H,9,10);7H,4-5H2,1-3H3/q;+1/p-1. The Bertz CT molecular complexity index is 242. The molecule has 0 spiro atoms. The van der Waals surface area contributed by atoms with Gasteiger partial charge in [-0.1, -0.05) is 26.7 Å². The van der Waals surface area contributed by atoms with E-state index < -0.39 is 7.82 Å². The van der Waals surface area contributed by atoms with Crippen LogP contribution >= 0.6 is 7.82 Å². The van der Waals surface area contributed by atoms with Gasteiger partial charge in [0, 0.05) is 0 Å². The first-order valence-corrected chi connectivity index (χ1v) is 8.66. The van der Waals surface area contributed by atoms with Gasteiger partial charge in [-0.15, -0.1) is 0 Å². The molecule has 0 atom stereocenters. The Morgan fingerprint density at radius 3 is 1.65 bits per heavy atom. The lowest BCUT2D eigenvalue weighted by molar-refractivity contribution is -0.870. The summed E-state index contributed by atoms with van der Waals surface area (Å²) in [6, 6.07) is 0. The monoisotopic (exact) mass is 313 g/mol. The van der Waals surface area contributed by atoms with Crippen molar-refractivity contribution in [3.63, 3.8) is 0 Å². The number of aliphatic hydroxyl groups is 1. The van der Waals surface area contributed by atoms with Crippen LogP contribution < -0.4 is 4.89 Å². The Balaban J connectivity index is 0. The number of hydrogen-bond donors (Lipinski definition) is 1. The van der Waals surface area contributed by atoms with Gasteiger partial charge in [-0.2, -0.15) is 0 Å². The largest absolute Gasteiger partial charge is 0.756 e. The Kier molecular flexibility index (Phi) is 14.2. The number of hydrogen-bond acceptors (Lipinski definition) is 5. The van der Waals surface area contributed by atoms with Gasteiger partial charge in [0.25, 0.3) is 7.82 Å². The molecule has 6 nitrogen and oxygen atoms in total. The number of likely N-dealkylation sites (N-methyl/N-ethyl adjacent to an activating group) is 1. The van der Waals surface area contributed by atoms with Crippen LogP contribution in [0, 0.1) is 0 Å². The molecule has 7 heteroatoms. The van der Waals surface area contributed by atoms with Crippen LogP contribution in [0.3, 0.4) is 0 Å². The van der Waals surface area contributed by atoms with Crippen LogP contribution in [-0.2, 0) is 13.6 Å². The molecule has 0 radical (unpaired) electrons. The van der Waals surface area contributed by atoms with Crippen LogP contribution in [-0.4, -0.2) is 57.1 Å². The lowest BCUT2D eigenvalue weighted by Gasteiger charge is -2.22. The van der Waals surface area contributed by atoms with E-state index in [1.807, 2.05) is 13.8 Å². The van der Waals surface area contributed by atoms with E-state index in [1.165, 1.54) is 0 Å². The van der Waals surface area contributed by atoms with Crippen molar-refractivity contribution in [3.8, 4) is 0 Å². The smallest absolute Gasteiger partial charge is 0.267 e. The van der Waals surface area contributed by atoms with Crippen molar-refractivity contribution in [2.24, 2.45) is 0 Å². The number of rotatable bonds is 10. The van der Waals surface area contributed by atoms with Crippen molar-refractivity contribution >= 4 is 7.82 Å². The van der Waals surface area contributed by atoms with Gasteiger partial charge >= 0.3 is 0 Å². The zero-order chi connectivity index (χ0) is 16.1. The number of quaternary nitrogens is 1. The van der Waals surface area contributed by atoms with Crippen molar-refractivity contribution in [1.82, 2.24) is 0 Å². The summed E-state index contributed by atoms with van der Waals surface area (Å²) >= 11 is 0. The summed E-state index contributed by atoms with van der Waals surface area (Å²) in [5, 5.41) is 8.39. The Morgan fingerprint density at radius 1 is 1.05 bits per heavy atom. The fourth-order valence-electron chi connectivity index (χ4n) is 0.979. The molecule has 0 aliphatic heterocycles. The van der Waals surface area contributed by atoms with Crippen molar-refractivity contribution < 1.29 is 28.1 Å². The van der Waals surface area contributed by atoms with Crippen molar-refractivity contribution in [1.29, 1.82) is 0 Å². The van der Waals surface area contributed by atoms with Gasteiger partial charge in [0.1, 0.15) is 6.54 Å². The van der Waals surface area contributed by atoms with Crippen molar-refractivity contribution in [3.05, 3.63) is 0 Å². The molecule has 20 heavy (non-hydrogen) atoms. The molecule has 0 amide bonds. The minimum Gasteiger partial charge on any atom is -0.756 e. The minimum atomic E-state index is -4.00. The van der Waals surface area contributed by atoms with E-state index in [1.54, 1.807) is 0 Å². The van der Waals surface area contributed by atoms with E-state index in [0.29, 0.717) is 0 Å². The second-order valence-electron chi connectivity index (χ2n) is 5.56. The molecular formula is C13H32NO5P. The number of unbranched alkanes of at least 4 members (excludes halogenated alkanes) is 2. The molecule has 0 aromatic carbocycles. The molecular weight excluding hydrogens is 281 g/mol. The predicted octanol–water partition coefficient (Wildman–Crippen LogP) is 1.77. The highest BCUT2D eigenvalue weighted by Crippen LogP contribution is 2.38. The summed E-state index contributed by atoms with van der Waals surface area (Å²) in [5.41, 5.74) is 0. The van der Waals surface area contributed by atoms with Crippen LogP contribution in [0.15, 0.2) is 0 Å². The topological polar surface area (TPSA) is 78.8 Å². The maximum atomic E-state index is 11.0. The molecule has 0 aliphatic rings. The summed E-state index contributed by atoms with van der Waals surface area (Å²) in [7, 11) is 2.15. The summed E-state index contributed by atoms with van der Waals surface area (Å²) in [5.74, 6) is 0. The number of aliphatic hydroxyl groups excluding tert-OH is 1. The number of phosphoric ester groups is 1. The molecule has 0 aromatic heterocycles. The molecule has 1 N–H and O–H groups in total. The quantitative estimate of drug-likeness (QED) is 0.378. The maximum absolute atomic E-state index is 11.0. The second kappa shape index (κ2) is 12.7. The average molecular weight is 313 g/mol. The zero-order valence-corrected chi connectivity index (χ0v) is 14.5. The third-order valence-electron chi connectivity index (χ3n) is 2.27. The first-order valence-electron chi connectivity index (χ1n) is 7.20. The van der Waals surface area contributed by atoms with E-state index in [4.69, 9.17) is 5.11 Å². The molecule has 0 bridgehead atoms. The molecule has 0 unspecified atom stereocenters. The summed E-state index contributed by atoms with van der Waals surface area (Å²) < 4.78 is 21.0. The van der Waals surface area contributed by atoms with Crippen molar-refractivity contribution in [2.45, 2.75) is 39.5 Å². The zero-order valence-electron chi connectivity index (χ0n) is 13.6. The lowest BCUT2D eigenvalue weighted by atomic mass is 10.4. The van der Waals surface area contributed by atoms with Crippen LogP contribution in [0.4, 0.5) is 0 Å². The van der Waals surface area contributed by atoms with Gasteiger partial charge < -0.3 is 23.5 Å². The van der Waals surface area contributed by atoms with Gasteiger partial charge in [-0.05, 0) is 12.8 Å². The molecule has 0 saturated carbocycles. The normalized spacial score (nSPS) is 11.9. The van der Waals surface area contributed by atoms with Crippen LogP contribution in [0.2, 0.25) is 0 Å². The second-order valence-corrected chi connectivity index (χ2v) is 6.97. The first-order chi connectivity index (χ1) is 9.18. The molecule has 0 fully saturated rings. The molecule has 0 aromatic rings. The maximum Gasteiger partial charge on any atom is 0.267 e. The third kappa shape index (κ3) is 20.3. The molecule has 0 aliphatic carbocycles. The third-order valence-corrected chi connectivity index (χ3v) is 3.26. The minimum absolute atomic E-state index is 0.226. The van der Waals surface area contributed by atoms with Crippen LogP contribution in [0.25, 0.3) is 0 Å². The highest BCUT2D eigenvalue weighted by Gasteiger charge is 2.07. The van der Waals surface area contributed by atoms with Crippen LogP contribution in [0.1, 0.15) is 39.5 Å². The van der Waals surface area contributed by atoms with E-state index in [-0.39, 0.29) is 19.8 Å². The van der Waals surface area contributed by atoms with E-state index in [2.05, 4.69) is 30.2 Å². The SMILES string of the molecule is CCCCOP(=O)([O-])OCCCC.C[N+](C)(C)CCO. The van der Waals surface area contributed by atoms with Gasteiger partial charge in [-0.3, -0.25) is 4.57 Å². The molecule has 124 valence electrons. The van der Waals surface area contributed by atoms with E-state index in [0.717, 1.165) is 36.7 Å². The Hall–Kier alpha value is 0.0300. The Morgan fingerprint density at radius 2 is 1.45 bits per heavy atom. The van der Waals surface area contributed by atoms with Gasteiger partial charge in [-0.25, -0.2) is 0 Å². The average Bonchev–Trinajstić information content (AvgIpc) is 2.28. The van der Waals surface area contributed by atoms with Gasteiger partial charge in [0.05, 0.1) is 41.0 Å². The molecule has 0 saturated heterocycles. The highest BCUT2D eigenvalue weighted by atomic mass is 31.2. The van der Waals surface area contributed by atoms with Gasteiger partial charge in [0.15, 0.2) is 0 Å². The highest BCUT2D eigenvalue weighted by molar-refractivity contribution is 7.45.